The number of rotatable bonds is 7. The summed E-state index contributed by atoms with van der Waals surface area (Å²) in [5, 5.41) is 3.51. The molecular formula is C16H32N2O2. The number of morpholine rings is 1. The summed E-state index contributed by atoms with van der Waals surface area (Å²) in [4.78, 5) is 2.57. The fourth-order valence-corrected chi connectivity index (χ4v) is 3.16. The third kappa shape index (κ3) is 4.99. The van der Waals surface area contributed by atoms with Gasteiger partial charge in [0, 0.05) is 25.7 Å². The van der Waals surface area contributed by atoms with Crippen molar-refractivity contribution in [1.82, 2.24) is 10.2 Å². The second kappa shape index (κ2) is 8.32. The van der Waals surface area contributed by atoms with Crippen LogP contribution in [-0.4, -0.2) is 62.5 Å². The van der Waals surface area contributed by atoms with Crippen molar-refractivity contribution in [2.45, 2.75) is 58.3 Å². The summed E-state index contributed by atoms with van der Waals surface area (Å²) in [5.74, 6) is 0.714. The highest BCUT2D eigenvalue weighted by Gasteiger charge is 2.29. The number of hydrogen-bond acceptors (Lipinski definition) is 4. The van der Waals surface area contributed by atoms with Crippen LogP contribution in [0.3, 0.4) is 0 Å². The molecule has 0 aliphatic carbocycles. The van der Waals surface area contributed by atoms with Crippen molar-refractivity contribution < 1.29 is 9.47 Å². The van der Waals surface area contributed by atoms with Crippen LogP contribution in [0.1, 0.15) is 40.0 Å². The first-order valence-electron chi connectivity index (χ1n) is 8.37. The van der Waals surface area contributed by atoms with E-state index in [-0.39, 0.29) is 0 Å². The van der Waals surface area contributed by atoms with Gasteiger partial charge in [0.05, 0.1) is 25.4 Å². The van der Waals surface area contributed by atoms with Gasteiger partial charge in [0.25, 0.3) is 0 Å². The van der Waals surface area contributed by atoms with Crippen LogP contribution in [0.2, 0.25) is 0 Å². The first kappa shape index (κ1) is 16.2. The Morgan fingerprint density at radius 1 is 1.25 bits per heavy atom. The molecule has 2 aliphatic rings. The average Bonchev–Trinajstić information content (AvgIpc) is 2.86. The minimum Gasteiger partial charge on any atom is -0.378 e. The molecule has 0 amide bonds. The lowest BCUT2D eigenvalue weighted by Crippen LogP contribution is -2.48. The zero-order valence-corrected chi connectivity index (χ0v) is 13.4. The third-order valence-electron chi connectivity index (χ3n) is 4.38. The van der Waals surface area contributed by atoms with E-state index in [4.69, 9.17) is 9.47 Å². The predicted molar refractivity (Wildman–Crippen MR) is 82.1 cm³/mol. The Hall–Kier alpha value is -0.160. The molecule has 4 nitrogen and oxygen atoms in total. The van der Waals surface area contributed by atoms with Gasteiger partial charge in [-0.2, -0.15) is 0 Å². The van der Waals surface area contributed by atoms with Gasteiger partial charge in [-0.05, 0) is 31.7 Å². The summed E-state index contributed by atoms with van der Waals surface area (Å²) >= 11 is 0. The molecule has 118 valence electrons. The quantitative estimate of drug-likeness (QED) is 0.774. The van der Waals surface area contributed by atoms with Gasteiger partial charge in [-0.1, -0.05) is 20.8 Å². The molecule has 2 aliphatic heterocycles. The topological polar surface area (TPSA) is 33.7 Å². The molecule has 2 rings (SSSR count). The normalized spacial score (nSPS) is 32.1. The molecule has 1 N–H and O–H groups in total. The molecule has 0 spiro atoms. The van der Waals surface area contributed by atoms with Gasteiger partial charge in [0.15, 0.2) is 0 Å². The fraction of sp³-hybridized carbons (Fsp3) is 1.00. The Balaban J connectivity index is 1.67. The number of nitrogens with zero attached hydrogens (tertiary/aromatic N) is 1. The van der Waals surface area contributed by atoms with Gasteiger partial charge in [-0.3, -0.25) is 4.90 Å². The lowest BCUT2D eigenvalue weighted by molar-refractivity contribution is -0.0414. The van der Waals surface area contributed by atoms with E-state index in [0.717, 1.165) is 39.4 Å². The highest BCUT2D eigenvalue weighted by atomic mass is 16.5. The van der Waals surface area contributed by atoms with Crippen molar-refractivity contribution in [2.75, 3.05) is 39.4 Å². The van der Waals surface area contributed by atoms with Gasteiger partial charge in [0.1, 0.15) is 0 Å². The van der Waals surface area contributed by atoms with E-state index in [1.54, 1.807) is 0 Å². The Morgan fingerprint density at radius 2 is 2.05 bits per heavy atom. The second-order valence-corrected chi connectivity index (χ2v) is 6.64. The molecule has 0 aromatic carbocycles. The summed E-state index contributed by atoms with van der Waals surface area (Å²) in [5.41, 5.74) is 0. The van der Waals surface area contributed by atoms with E-state index in [0.29, 0.717) is 24.2 Å². The zero-order valence-electron chi connectivity index (χ0n) is 13.4. The lowest BCUT2D eigenvalue weighted by Gasteiger charge is -2.36. The van der Waals surface area contributed by atoms with Crippen molar-refractivity contribution >= 4 is 0 Å². The van der Waals surface area contributed by atoms with Crippen LogP contribution in [0.25, 0.3) is 0 Å². The van der Waals surface area contributed by atoms with Crippen molar-refractivity contribution in [2.24, 2.45) is 5.92 Å². The van der Waals surface area contributed by atoms with Crippen molar-refractivity contribution in [3.05, 3.63) is 0 Å². The van der Waals surface area contributed by atoms with E-state index < -0.39 is 0 Å². The summed E-state index contributed by atoms with van der Waals surface area (Å²) < 4.78 is 11.8. The van der Waals surface area contributed by atoms with E-state index in [9.17, 15) is 0 Å². The average molecular weight is 284 g/mol. The summed E-state index contributed by atoms with van der Waals surface area (Å²) in [6.45, 7) is 12.8. The molecule has 0 saturated carbocycles. The van der Waals surface area contributed by atoms with Crippen molar-refractivity contribution in [1.29, 1.82) is 0 Å². The van der Waals surface area contributed by atoms with E-state index in [1.165, 1.54) is 19.3 Å². The van der Waals surface area contributed by atoms with Crippen molar-refractivity contribution in [3.8, 4) is 0 Å². The van der Waals surface area contributed by atoms with Crippen LogP contribution in [-0.2, 0) is 9.47 Å². The van der Waals surface area contributed by atoms with Crippen LogP contribution >= 0.6 is 0 Å². The van der Waals surface area contributed by atoms with Crippen LogP contribution in [0, 0.1) is 5.92 Å². The van der Waals surface area contributed by atoms with E-state index in [1.807, 2.05) is 0 Å². The molecule has 3 atom stereocenters. The van der Waals surface area contributed by atoms with E-state index >= 15 is 0 Å². The molecule has 2 fully saturated rings. The maximum atomic E-state index is 6.19. The number of nitrogens with one attached hydrogen (secondary N) is 1. The first-order chi connectivity index (χ1) is 9.69. The van der Waals surface area contributed by atoms with Gasteiger partial charge in [0.2, 0.25) is 0 Å². The number of hydrogen-bond donors (Lipinski definition) is 1. The molecule has 4 heteroatoms. The summed E-state index contributed by atoms with van der Waals surface area (Å²) in [7, 11) is 0. The molecule has 0 aromatic heterocycles. The highest BCUT2D eigenvalue weighted by molar-refractivity contribution is 4.82. The molecule has 2 heterocycles. The zero-order chi connectivity index (χ0) is 14.4. The maximum Gasteiger partial charge on any atom is 0.0707 e. The third-order valence-corrected chi connectivity index (χ3v) is 4.38. The largest absolute Gasteiger partial charge is 0.378 e. The van der Waals surface area contributed by atoms with Crippen LogP contribution in [0.4, 0.5) is 0 Å². The monoisotopic (exact) mass is 284 g/mol. The Kier molecular flexibility index (Phi) is 6.75. The van der Waals surface area contributed by atoms with Gasteiger partial charge in [-0.15, -0.1) is 0 Å². The van der Waals surface area contributed by atoms with Crippen LogP contribution in [0.15, 0.2) is 0 Å². The fourth-order valence-electron chi connectivity index (χ4n) is 3.16. The molecule has 0 aromatic rings. The predicted octanol–water partition coefficient (Wildman–Crippen LogP) is 1.89. The smallest absolute Gasteiger partial charge is 0.0707 e. The minimum absolute atomic E-state index is 0.417. The highest BCUT2D eigenvalue weighted by Crippen LogP contribution is 2.22. The molecule has 3 unspecified atom stereocenters. The van der Waals surface area contributed by atoms with Gasteiger partial charge in [-0.25, -0.2) is 0 Å². The van der Waals surface area contributed by atoms with Gasteiger partial charge < -0.3 is 14.8 Å². The van der Waals surface area contributed by atoms with E-state index in [2.05, 4.69) is 31.0 Å². The molecular weight excluding hydrogens is 252 g/mol. The standard InChI is InChI=1S/C16H32N2O2/c1-4-14-12-19-8-7-18(14)11-16-6-5-15(20-16)10-17-9-13(2)3/h13-17H,4-12H2,1-3H3. The SMILES string of the molecule is CCC1COCCN1CC1CCC(CNCC(C)C)O1. The maximum absolute atomic E-state index is 6.19. The lowest BCUT2D eigenvalue weighted by atomic mass is 10.1. The number of ether oxygens (including phenoxy) is 2. The van der Waals surface area contributed by atoms with Crippen LogP contribution in [0.5, 0.6) is 0 Å². The Morgan fingerprint density at radius 3 is 2.80 bits per heavy atom. The Bertz CT molecular complexity index is 273. The molecule has 2 saturated heterocycles. The molecule has 0 radical (unpaired) electrons. The second-order valence-electron chi connectivity index (χ2n) is 6.64. The summed E-state index contributed by atoms with van der Waals surface area (Å²) in [6, 6.07) is 0.588. The molecule has 0 bridgehead atoms. The van der Waals surface area contributed by atoms with Gasteiger partial charge >= 0.3 is 0 Å². The minimum atomic E-state index is 0.417. The van der Waals surface area contributed by atoms with Crippen molar-refractivity contribution in [3.63, 3.8) is 0 Å². The summed E-state index contributed by atoms with van der Waals surface area (Å²) in [6.07, 6.45) is 4.43. The van der Waals surface area contributed by atoms with Crippen LogP contribution < -0.4 is 5.32 Å². The first-order valence-corrected chi connectivity index (χ1v) is 8.37. The Labute approximate surface area is 124 Å². The molecule has 20 heavy (non-hydrogen) atoms.